The first kappa shape index (κ1) is 17.2. The second-order valence-corrected chi connectivity index (χ2v) is 8.53. The molecule has 0 spiro atoms. The smallest absolute Gasteiger partial charge is 0.0576 e. The highest BCUT2D eigenvalue weighted by Crippen LogP contribution is 2.32. The molecule has 0 saturated heterocycles. The van der Waals surface area contributed by atoms with Crippen LogP contribution >= 0.6 is 15.9 Å². The highest BCUT2D eigenvalue weighted by atomic mass is 79.9. The average molecular weight is 372 g/mol. The first-order chi connectivity index (χ1) is 10.2. The molecule has 4 atom stereocenters. The highest BCUT2D eigenvalue weighted by Gasteiger charge is 2.33. The first-order valence-electron chi connectivity index (χ1n) is 8.05. The molecule has 2 nitrogen and oxygen atoms in total. The van der Waals surface area contributed by atoms with E-state index in [2.05, 4.69) is 35.1 Å². The normalized spacial score (nSPS) is 27.5. The van der Waals surface area contributed by atoms with Gasteiger partial charge in [0.2, 0.25) is 0 Å². The zero-order valence-corrected chi connectivity index (χ0v) is 15.4. The zero-order valence-electron chi connectivity index (χ0n) is 13.0. The van der Waals surface area contributed by atoms with Crippen molar-refractivity contribution in [2.45, 2.75) is 62.1 Å². The van der Waals surface area contributed by atoms with Crippen LogP contribution in [0.15, 0.2) is 33.6 Å². The largest absolute Gasteiger partial charge is 0.313 e. The van der Waals surface area contributed by atoms with Crippen LogP contribution in [0.3, 0.4) is 0 Å². The summed E-state index contributed by atoms with van der Waals surface area (Å²) >= 11 is 3.45. The molecule has 0 heterocycles. The van der Waals surface area contributed by atoms with E-state index in [0.29, 0.717) is 6.04 Å². The standard InChI is InChI=1S/C17H26BrNOS/c1-3-11-19-16-10-5-13(4-2)12-17(16)21(20)15-8-6-14(18)7-9-15/h6-9,13,16-17,19H,3-5,10-12H2,1-2H3. The SMILES string of the molecule is CCCNC1CCC(CC)CC1S(=O)c1ccc(Br)cc1. The molecular weight excluding hydrogens is 346 g/mol. The minimum atomic E-state index is -0.917. The summed E-state index contributed by atoms with van der Waals surface area (Å²) in [5.74, 6) is 0.731. The molecule has 0 amide bonds. The number of halogens is 1. The van der Waals surface area contributed by atoms with Gasteiger partial charge in [0.15, 0.2) is 0 Å². The molecule has 4 unspecified atom stereocenters. The van der Waals surface area contributed by atoms with Gasteiger partial charge in [-0.15, -0.1) is 0 Å². The molecule has 21 heavy (non-hydrogen) atoms. The number of nitrogens with one attached hydrogen (secondary N) is 1. The number of benzene rings is 1. The highest BCUT2D eigenvalue weighted by molar-refractivity contribution is 9.10. The molecule has 1 N–H and O–H groups in total. The fraction of sp³-hybridized carbons (Fsp3) is 0.647. The molecule has 1 aliphatic carbocycles. The Morgan fingerprint density at radius 3 is 2.57 bits per heavy atom. The van der Waals surface area contributed by atoms with Crippen molar-refractivity contribution >= 4 is 26.7 Å². The average Bonchev–Trinajstić information content (AvgIpc) is 2.53. The van der Waals surface area contributed by atoms with E-state index in [0.717, 1.165) is 41.1 Å². The lowest BCUT2D eigenvalue weighted by Crippen LogP contribution is -2.46. The van der Waals surface area contributed by atoms with Gasteiger partial charge in [-0.2, -0.15) is 0 Å². The second kappa shape index (κ2) is 8.44. The molecule has 1 aromatic carbocycles. The Kier molecular flexibility index (Phi) is 6.90. The van der Waals surface area contributed by atoms with Gasteiger partial charge in [-0.25, -0.2) is 0 Å². The maximum atomic E-state index is 13.0. The third-order valence-electron chi connectivity index (χ3n) is 4.46. The Morgan fingerprint density at radius 1 is 1.24 bits per heavy atom. The van der Waals surface area contributed by atoms with Gasteiger partial charge >= 0.3 is 0 Å². The Bertz CT molecular complexity index is 462. The van der Waals surface area contributed by atoms with E-state index < -0.39 is 10.8 Å². The predicted molar refractivity (Wildman–Crippen MR) is 94.1 cm³/mol. The fourth-order valence-electron chi connectivity index (χ4n) is 3.13. The van der Waals surface area contributed by atoms with Crippen molar-refractivity contribution in [3.05, 3.63) is 28.7 Å². The Labute approximate surface area is 139 Å². The summed E-state index contributed by atoms with van der Waals surface area (Å²) in [6, 6.07) is 8.36. The van der Waals surface area contributed by atoms with Crippen LogP contribution in [0.5, 0.6) is 0 Å². The fourth-order valence-corrected chi connectivity index (χ4v) is 5.12. The van der Waals surface area contributed by atoms with E-state index >= 15 is 0 Å². The predicted octanol–water partition coefficient (Wildman–Crippen LogP) is 4.50. The van der Waals surface area contributed by atoms with E-state index in [1.54, 1.807) is 0 Å². The maximum absolute atomic E-state index is 13.0. The third kappa shape index (κ3) is 4.64. The van der Waals surface area contributed by atoms with Crippen molar-refractivity contribution in [3.63, 3.8) is 0 Å². The summed E-state index contributed by atoms with van der Waals surface area (Å²) in [5, 5.41) is 3.87. The molecule has 0 radical (unpaired) electrons. The van der Waals surface area contributed by atoms with Crippen LogP contribution in [0, 0.1) is 5.92 Å². The van der Waals surface area contributed by atoms with Gasteiger partial charge in [-0.3, -0.25) is 4.21 Å². The van der Waals surface area contributed by atoms with E-state index in [-0.39, 0.29) is 5.25 Å². The van der Waals surface area contributed by atoms with Gasteiger partial charge < -0.3 is 5.32 Å². The minimum absolute atomic E-state index is 0.247. The van der Waals surface area contributed by atoms with Gasteiger partial charge in [-0.05, 0) is 62.4 Å². The summed E-state index contributed by atoms with van der Waals surface area (Å²) in [5.41, 5.74) is 0. The van der Waals surface area contributed by atoms with E-state index in [4.69, 9.17) is 0 Å². The molecule has 118 valence electrons. The Hall–Kier alpha value is -0.190. The second-order valence-electron chi connectivity index (χ2n) is 5.94. The van der Waals surface area contributed by atoms with Gasteiger partial charge in [0, 0.05) is 15.4 Å². The monoisotopic (exact) mass is 371 g/mol. The third-order valence-corrected chi connectivity index (χ3v) is 6.79. The van der Waals surface area contributed by atoms with Gasteiger partial charge in [0.1, 0.15) is 0 Å². The molecule has 1 aliphatic rings. The first-order valence-corrected chi connectivity index (χ1v) is 10.1. The van der Waals surface area contributed by atoms with Crippen LogP contribution in [0.1, 0.15) is 46.0 Å². The number of rotatable bonds is 6. The van der Waals surface area contributed by atoms with Crippen LogP contribution in [0.25, 0.3) is 0 Å². The van der Waals surface area contributed by atoms with Crippen LogP contribution in [0.2, 0.25) is 0 Å². The molecule has 2 rings (SSSR count). The molecule has 1 fully saturated rings. The zero-order chi connectivity index (χ0) is 15.2. The molecule has 1 aromatic rings. The summed E-state index contributed by atoms with van der Waals surface area (Å²) in [7, 11) is -0.917. The number of hydrogen-bond acceptors (Lipinski definition) is 2. The maximum Gasteiger partial charge on any atom is 0.0576 e. The van der Waals surface area contributed by atoms with Crippen molar-refractivity contribution < 1.29 is 4.21 Å². The minimum Gasteiger partial charge on any atom is -0.313 e. The van der Waals surface area contributed by atoms with Crippen molar-refractivity contribution in [2.24, 2.45) is 5.92 Å². The Morgan fingerprint density at radius 2 is 1.95 bits per heavy atom. The lowest BCUT2D eigenvalue weighted by molar-refractivity contribution is 0.292. The summed E-state index contributed by atoms with van der Waals surface area (Å²) in [4.78, 5) is 0.961. The lowest BCUT2D eigenvalue weighted by atomic mass is 9.84. The molecule has 1 saturated carbocycles. The van der Waals surface area contributed by atoms with Crippen molar-refractivity contribution in [1.82, 2.24) is 5.32 Å². The Balaban J connectivity index is 2.13. The summed E-state index contributed by atoms with van der Waals surface area (Å²) in [6.45, 7) is 5.46. The molecule has 0 aromatic heterocycles. The molecule has 4 heteroatoms. The number of hydrogen-bond donors (Lipinski definition) is 1. The molecule has 0 bridgehead atoms. The van der Waals surface area contributed by atoms with Crippen LogP contribution in [0.4, 0.5) is 0 Å². The molecular formula is C17H26BrNOS. The van der Waals surface area contributed by atoms with Crippen molar-refractivity contribution in [1.29, 1.82) is 0 Å². The van der Waals surface area contributed by atoms with Gasteiger partial charge in [0.25, 0.3) is 0 Å². The van der Waals surface area contributed by atoms with Crippen LogP contribution in [-0.2, 0) is 10.8 Å². The van der Waals surface area contributed by atoms with Crippen LogP contribution in [-0.4, -0.2) is 22.0 Å². The molecule has 0 aliphatic heterocycles. The van der Waals surface area contributed by atoms with E-state index in [9.17, 15) is 4.21 Å². The topological polar surface area (TPSA) is 29.1 Å². The summed E-state index contributed by atoms with van der Waals surface area (Å²) < 4.78 is 14.0. The summed E-state index contributed by atoms with van der Waals surface area (Å²) in [6.07, 6.45) is 5.85. The van der Waals surface area contributed by atoms with E-state index in [1.165, 1.54) is 12.8 Å². The van der Waals surface area contributed by atoms with Crippen molar-refractivity contribution in [3.8, 4) is 0 Å². The lowest BCUT2D eigenvalue weighted by Gasteiger charge is -2.36. The van der Waals surface area contributed by atoms with Crippen molar-refractivity contribution in [2.75, 3.05) is 6.54 Å². The van der Waals surface area contributed by atoms with E-state index in [1.807, 2.05) is 24.3 Å². The van der Waals surface area contributed by atoms with Crippen LogP contribution < -0.4 is 5.32 Å². The van der Waals surface area contributed by atoms with Gasteiger partial charge in [0.05, 0.1) is 16.0 Å². The quantitative estimate of drug-likeness (QED) is 0.796. The van der Waals surface area contributed by atoms with Gasteiger partial charge in [-0.1, -0.05) is 36.2 Å².